The van der Waals surface area contributed by atoms with Crippen molar-refractivity contribution in [3.8, 4) is 5.75 Å². The molecule has 82 valence electrons. The highest BCUT2D eigenvalue weighted by molar-refractivity contribution is 5.80. The van der Waals surface area contributed by atoms with Crippen molar-refractivity contribution in [2.24, 2.45) is 0 Å². The first-order valence-electron chi connectivity index (χ1n) is 5.06. The second-order valence-corrected chi connectivity index (χ2v) is 3.73. The van der Waals surface area contributed by atoms with E-state index in [4.69, 9.17) is 4.74 Å². The van der Waals surface area contributed by atoms with Gasteiger partial charge in [0.2, 0.25) is 0 Å². The van der Waals surface area contributed by atoms with Gasteiger partial charge in [-0.1, -0.05) is 31.5 Å². The van der Waals surface area contributed by atoms with Crippen molar-refractivity contribution in [2.75, 3.05) is 0 Å². The molecule has 3 nitrogen and oxygen atoms in total. The lowest BCUT2D eigenvalue weighted by molar-refractivity contribution is -0.154. The molecule has 15 heavy (non-hydrogen) atoms. The minimum atomic E-state index is -1.40. The van der Waals surface area contributed by atoms with Crippen LogP contribution in [0.1, 0.15) is 26.7 Å². The molecule has 0 aromatic heterocycles. The summed E-state index contributed by atoms with van der Waals surface area (Å²) < 4.78 is 5.04. The number of esters is 1. The van der Waals surface area contributed by atoms with Gasteiger partial charge in [0, 0.05) is 0 Å². The van der Waals surface area contributed by atoms with Crippen LogP contribution in [0.4, 0.5) is 0 Å². The smallest absolute Gasteiger partial charge is 0.343 e. The Morgan fingerprint density at radius 1 is 1.40 bits per heavy atom. The number of hydrogen-bond donors (Lipinski definition) is 1. The van der Waals surface area contributed by atoms with Gasteiger partial charge in [-0.2, -0.15) is 0 Å². The van der Waals surface area contributed by atoms with Crippen LogP contribution in [0.3, 0.4) is 0 Å². The van der Waals surface area contributed by atoms with Crippen molar-refractivity contribution in [2.45, 2.75) is 32.3 Å². The Balaban J connectivity index is 2.63. The van der Waals surface area contributed by atoms with E-state index in [1.807, 2.05) is 13.0 Å². The van der Waals surface area contributed by atoms with E-state index in [2.05, 4.69) is 0 Å². The van der Waals surface area contributed by atoms with Crippen LogP contribution in [0, 0.1) is 0 Å². The van der Waals surface area contributed by atoms with Gasteiger partial charge in [-0.25, -0.2) is 4.79 Å². The Morgan fingerprint density at radius 2 is 2.00 bits per heavy atom. The highest BCUT2D eigenvalue weighted by atomic mass is 16.6. The highest BCUT2D eigenvalue weighted by Crippen LogP contribution is 2.17. The lowest BCUT2D eigenvalue weighted by atomic mass is 10.0. The summed E-state index contributed by atoms with van der Waals surface area (Å²) in [7, 11) is 0. The molecule has 1 aromatic rings. The van der Waals surface area contributed by atoms with E-state index in [0.29, 0.717) is 12.2 Å². The summed E-state index contributed by atoms with van der Waals surface area (Å²) in [6.45, 7) is 3.38. The minimum absolute atomic E-state index is 0.401. The summed E-state index contributed by atoms with van der Waals surface area (Å²) >= 11 is 0. The molecular weight excluding hydrogens is 192 g/mol. The van der Waals surface area contributed by atoms with Crippen LogP contribution in [0.15, 0.2) is 30.3 Å². The maximum absolute atomic E-state index is 11.6. The lowest BCUT2D eigenvalue weighted by Gasteiger charge is -2.20. The topological polar surface area (TPSA) is 46.5 Å². The molecule has 0 amide bonds. The van der Waals surface area contributed by atoms with Crippen molar-refractivity contribution in [3.63, 3.8) is 0 Å². The Bertz CT molecular complexity index is 317. The third-order valence-electron chi connectivity index (χ3n) is 2.13. The summed E-state index contributed by atoms with van der Waals surface area (Å²) in [6.07, 6.45) is 1.13. The lowest BCUT2D eigenvalue weighted by Crippen LogP contribution is -2.38. The Hall–Kier alpha value is -1.35. The molecule has 0 aliphatic rings. The molecule has 0 saturated carbocycles. The summed E-state index contributed by atoms with van der Waals surface area (Å²) in [5.74, 6) is -0.144. The molecule has 0 heterocycles. The zero-order chi connectivity index (χ0) is 11.3. The maximum Gasteiger partial charge on any atom is 0.343 e. The molecule has 0 aliphatic carbocycles. The fraction of sp³-hybridized carbons (Fsp3) is 0.417. The molecule has 0 bridgehead atoms. The third kappa shape index (κ3) is 3.36. The Morgan fingerprint density at radius 3 is 2.53 bits per heavy atom. The van der Waals surface area contributed by atoms with Gasteiger partial charge in [-0.3, -0.25) is 0 Å². The normalized spacial score (nSPS) is 14.3. The van der Waals surface area contributed by atoms with E-state index in [1.54, 1.807) is 24.3 Å². The zero-order valence-electron chi connectivity index (χ0n) is 9.06. The van der Waals surface area contributed by atoms with Crippen LogP contribution in [0.25, 0.3) is 0 Å². The monoisotopic (exact) mass is 208 g/mol. The standard InChI is InChI=1S/C12H16O3/c1-3-9-12(2,14)11(13)15-10-7-5-4-6-8-10/h4-8,14H,3,9H2,1-2H3. The molecule has 0 radical (unpaired) electrons. The average Bonchev–Trinajstić information content (AvgIpc) is 2.19. The second-order valence-electron chi connectivity index (χ2n) is 3.73. The van der Waals surface area contributed by atoms with Gasteiger partial charge in [-0.15, -0.1) is 0 Å². The van der Waals surface area contributed by atoms with Crippen LogP contribution in [-0.4, -0.2) is 16.7 Å². The fourth-order valence-corrected chi connectivity index (χ4v) is 1.29. The van der Waals surface area contributed by atoms with Crippen LogP contribution >= 0.6 is 0 Å². The number of hydrogen-bond acceptors (Lipinski definition) is 3. The quantitative estimate of drug-likeness (QED) is 0.609. The predicted octanol–water partition coefficient (Wildman–Crippen LogP) is 2.14. The van der Waals surface area contributed by atoms with Crippen LogP contribution < -0.4 is 4.74 Å². The van der Waals surface area contributed by atoms with Gasteiger partial charge < -0.3 is 9.84 Å². The van der Waals surface area contributed by atoms with E-state index >= 15 is 0 Å². The van der Waals surface area contributed by atoms with Gasteiger partial charge in [0.05, 0.1) is 0 Å². The fourth-order valence-electron chi connectivity index (χ4n) is 1.29. The predicted molar refractivity (Wildman–Crippen MR) is 57.6 cm³/mol. The van der Waals surface area contributed by atoms with Gasteiger partial charge >= 0.3 is 5.97 Å². The number of rotatable bonds is 4. The van der Waals surface area contributed by atoms with Gasteiger partial charge in [0.1, 0.15) is 5.75 Å². The molecule has 1 aromatic carbocycles. The number of carbonyl (C=O) groups is 1. The summed E-state index contributed by atoms with van der Waals surface area (Å²) in [5.41, 5.74) is -1.40. The summed E-state index contributed by atoms with van der Waals surface area (Å²) in [5, 5.41) is 9.77. The minimum Gasteiger partial charge on any atom is -0.424 e. The molecule has 0 aliphatic heterocycles. The highest BCUT2D eigenvalue weighted by Gasteiger charge is 2.31. The molecule has 1 rings (SSSR count). The van der Waals surface area contributed by atoms with E-state index < -0.39 is 11.6 Å². The first-order valence-corrected chi connectivity index (χ1v) is 5.06. The van der Waals surface area contributed by atoms with E-state index in [-0.39, 0.29) is 0 Å². The number of carbonyl (C=O) groups excluding carboxylic acids is 1. The van der Waals surface area contributed by atoms with Crippen molar-refractivity contribution < 1.29 is 14.6 Å². The van der Waals surface area contributed by atoms with E-state index in [0.717, 1.165) is 6.42 Å². The maximum atomic E-state index is 11.6. The van der Waals surface area contributed by atoms with Crippen LogP contribution in [-0.2, 0) is 4.79 Å². The first-order chi connectivity index (χ1) is 7.06. The number of aliphatic hydroxyl groups is 1. The van der Waals surface area contributed by atoms with Gasteiger partial charge in [0.25, 0.3) is 0 Å². The van der Waals surface area contributed by atoms with Crippen LogP contribution in [0.5, 0.6) is 5.75 Å². The second kappa shape index (κ2) is 4.94. The average molecular weight is 208 g/mol. The van der Waals surface area contributed by atoms with Crippen molar-refractivity contribution in [1.29, 1.82) is 0 Å². The van der Waals surface area contributed by atoms with Crippen molar-refractivity contribution >= 4 is 5.97 Å². The Labute approximate surface area is 89.7 Å². The van der Waals surface area contributed by atoms with Gasteiger partial charge in [0.15, 0.2) is 5.60 Å². The zero-order valence-corrected chi connectivity index (χ0v) is 9.06. The molecule has 0 fully saturated rings. The van der Waals surface area contributed by atoms with Gasteiger partial charge in [-0.05, 0) is 25.5 Å². The largest absolute Gasteiger partial charge is 0.424 e. The third-order valence-corrected chi connectivity index (χ3v) is 2.13. The van der Waals surface area contributed by atoms with Crippen molar-refractivity contribution in [1.82, 2.24) is 0 Å². The van der Waals surface area contributed by atoms with Crippen LogP contribution in [0.2, 0.25) is 0 Å². The van der Waals surface area contributed by atoms with E-state index in [1.165, 1.54) is 6.92 Å². The number of benzene rings is 1. The van der Waals surface area contributed by atoms with E-state index in [9.17, 15) is 9.90 Å². The molecule has 0 spiro atoms. The molecule has 1 unspecified atom stereocenters. The summed E-state index contributed by atoms with van der Waals surface area (Å²) in [4.78, 5) is 11.6. The molecule has 1 N–H and O–H groups in total. The first kappa shape index (κ1) is 11.7. The molecule has 1 atom stereocenters. The SMILES string of the molecule is CCCC(C)(O)C(=O)Oc1ccccc1. The number of para-hydroxylation sites is 1. The summed E-state index contributed by atoms with van der Waals surface area (Å²) in [6, 6.07) is 8.75. The van der Waals surface area contributed by atoms with Crippen molar-refractivity contribution in [3.05, 3.63) is 30.3 Å². The Kier molecular flexibility index (Phi) is 3.86. The molecule has 3 heteroatoms. The number of ether oxygens (including phenoxy) is 1. The molecular formula is C12H16O3. The molecule has 0 saturated heterocycles.